The Bertz CT molecular complexity index is 1310. The number of methoxy groups -OCH3 is 2. The Balaban J connectivity index is 1.64. The van der Waals surface area contributed by atoms with Crippen molar-refractivity contribution in [3.63, 3.8) is 0 Å². The molecule has 0 saturated carbocycles. The van der Waals surface area contributed by atoms with Gasteiger partial charge in [-0.25, -0.2) is 13.8 Å². The molecule has 9 heteroatoms. The zero-order chi connectivity index (χ0) is 25.8. The van der Waals surface area contributed by atoms with Crippen molar-refractivity contribution in [3.8, 4) is 11.5 Å². The number of carbonyl (C=O) groups is 2. The number of hydrogen-bond acceptors (Lipinski definition) is 5. The van der Waals surface area contributed by atoms with Gasteiger partial charge in [0.25, 0.3) is 11.8 Å². The highest BCUT2D eigenvalue weighted by molar-refractivity contribution is 6.05. The van der Waals surface area contributed by atoms with Crippen LogP contribution >= 0.6 is 0 Å². The van der Waals surface area contributed by atoms with Crippen LogP contribution in [0.4, 0.5) is 8.78 Å². The van der Waals surface area contributed by atoms with Crippen LogP contribution in [0.25, 0.3) is 0 Å². The molecule has 186 valence electrons. The van der Waals surface area contributed by atoms with Crippen LogP contribution in [-0.4, -0.2) is 55.2 Å². The van der Waals surface area contributed by atoms with Gasteiger partial charge in [-0.1, -0.05) is 24.3 Å². The van der Waals surface area contributed by atoms with Crippen LogP contribution in [0, 0.1) is 11.6 Å². The zero-order valence-electron chi connectivity index (χ0n) is 20.1. The molecule has 0 spiro atoms. The minimum absolute atomic E-state index is 0.128. The summed E-state index contributed by atoms with van der Waals surface area (Å²) in [6.07, 6.45) is 0.338. The third-order valence-corrected chi connectivity index (χ3v) is 5.96. The van der Waals surface area contributed by atoms with E-state index in [0.29, 0.717) is 34.8 Å². The molecule has 1 aliphatic rings. The van der Waals surface area contributed by atoms with Crippen LogP contribution in [0.5, 0.6) is 11.5 Å². The van der Waals surface area contributed by atoms with Crippen molar-refractivity contribution in [1.29, 1.82) is 0 Å². The fourth-order valence-electron chi connectivity index (χ4n) is 4.07. The van der Waals surface area contributed by atoms with E-state index < -0.39 is 29.5 Å². The van der Waals surface area contributed by atoms with Gasteiger partial charge in [-0.05, 0) is 42.0 Å². The number of carbonyl (C=O) groups excluding carboxylic acids is 2. The summed E-state index contributed by atoms with van der Waals surface area (Å²) in [6.45, 7) is -0.332. The van der Waals surface area contributed by atoms with Crippen molar-refractivity contribution in [2.75, 3.05) is 27.8 Å². The average Bonchev–Trinajstić information content (AvgIpc) is 3.34. The predicted molar refractivity (Wildman–Crippen MR) is 130 cm³/mol. The third kappa shape index (κ3) is 5.05. The van der Waals surface area contributed by atoms with Gasteiger partial charge in [0.1, 0.15) is 29.7 Å². The van der Waals surface area contributed by atoms with Gasteiger partial charge in [-0.15, -0.1) is 0 Å². The third-order valence-electron chi connectivity index (χ3n) is 5.96. The summed E-state index contributed by atoms with van der Waals surface area (Å²) in [6, 6.07) is 16.2. The Morgan fingerprint density at radius 1 is 1.03 bits per heavy atom. The van der Waals surface area contributed by atoms with Crippen LogP contribution in [0.2, 0.25) is 0 Å². The normalized spacial score (nSPS) is 14.9. The molecule has 0 bridgehead atoms. The van der Waals surface area contributed by atoms with Crippen molar-refractivity contribution in [2.45, 2.75) is 12.5 Å². The number of hydrazone groups is 1. The lowest BCUT2D eigenvalue weighted by Crippen LogP contribution is -2.39. The number of rotatable bonds is 7. The molecule has 3 aromatic rings. The first-order valence-corrected chi connectivity index (χ1v) is 11.2. The molecule has 1 aliphatic heterocycles. The van der Waals surface area contributed by atoms with E-state index in [-0.39, 0.29) is 12.1 Å². The van der Waals surface area contributed by atoms with E-state index in [2.05, 4.69) is 5.10 Å². The minimum atomic E-state index is -0.668. The van der Waals surface area contributed by atoms with E-state index in [0.717, 1.165) is 4.90 Å². The fourth-order valence-corrected chi connectivity index (χ4v) is 4.07. The second kappa shape index (κ2) is 10.6. The molecule has 2 amide bonds. The number of hydrogen-bond donors (Lipinski definition) is 0. The summed E-state index contributed by atoms with van der Waals surface area (Å²) in [4.78, 5) is 27.3. The summed E-state index contributed by atoms with van der Waals surface area (Å²) in [7, 11) is 4.50. The molecule has 1 atom stereocenters. The number of ether oxygens (including phenoxy) is 2. The van der Waals surface area contributed by atoms with Crippen LogP contribution in [0.1, 0.15) is 33.9 Å². The first-order valence-electron chi connectivity index (χ1n) is 11.2. The van der Waals surface area contributed by atoms with Gasteiger partial charge >= 0.3 is 0 Å². The zero-order valence-corrected chi connectivity index (χ0v) is 20.1. The van der Waals surface area contributed by atoms with E-state index in [1.54, 1.807) is 43.5 Å². The van der Waals surface area contributed by atoms with E-state index in [1.165, 1.54) is 49.5 Å². The molecule has 0 aromatic heterocycles. The molecule has 4 rings (SSSR count). The molecule has 1 heterocycles. The Hall–Kier alpha value is -4.27. The van der Waals surface area contributed by atoms with Crippen LogP contribution < -0.4 is 9.47 Å². The Kier molecular flexibility index (Phi) is 7.28. The predicted octanol–water partition coefficient (Wildman–Crippen LogP) is 4.43. The van der Waals surface area contributed by atoms with Gasteiger partial charge in [0.2, 0.25) is 0 Å². The topological polar surface area (TPSA) is 71.4 Å². The first kappa shape index (κ1) is 24.8. The van der Waals surface area contributed by atoms with Gasteiger partial charge in [-0.2, -0.15) is 5.10 Å². The summed E-state index contributed by atoms with van der Waals surface area (Å²) < 4.78 is 38.5. The minimum Gasteiger partial charge on any atom is -0.497 e. The Morgan fingerprint density at radius 2 is 1.75 bits per heavy atom. The van der Waals surface area contributed by atoms with Gasteiger partial charge < -0.3 is 14.4 Å². The van der Waals surface area contributed by atoms with E-state index in [4.69, 9.17) is 9.47 Å². The number of halogens is 2. The Labute approximate surface area is 207 Å². The lowest BCUT2D eigenvalue weighted by molar-refractivity contribution is -0.133. The second-order valence-electron chi connectivity index (χ2n) is 8.26. The maximum atomic E-state index is 14.1. The second-order valence-corrected chi connectivity index (χ2v) is 8.26. The molecule has 3 aromatic carbocycles. The standard InChI is InChI=1S/C27H25F2N3O4/c1-31(27(34)20-6-4-5-7-22(20)29)16-26(33)32-24(17-8-10-18(28)11-9-17)15-23(30-32)21-13-12-19(35-2)14-25(21)36-3/h4-14,24H,15-16H2,1-3H3/t24-/m1/s1. The van der Waals surface area contributed by atoms with Crippen LogP contribution in [0.15, 0.2) is 71.8 Å². The van der Waals surface area contributed by atoms with Gasteiger partial charge in [-0.3, -0.25) is 9.59 Å². The van der Waals surface area contributed by atoms with E-state index >= 15 is 0 Å². The largest absolute Gasteiger partial charge is 0.497 e. The average molecular weight is 494 g/mol. The summed E-state index contributed by atoms with van der Waals surface area (Å²) in [5.74, 6) is -1.04. The maximum Gasteiger partial charge on any atom is 0.262 e. The number of benzene rings is 3. The molecule has 0 saturated heterocycles. The van der Waals surface area contributed by atoms with E-state index in [1.807, 2.05) is 0 Å². The number of likely N-dealkylation sites (N-methyl/N-ethyl adjacent to an activating group) is 1. The lowest BCUT2D eigenvalue weighted by atomic mass is 9.97. The quantitative estimate of drug-likeness (QED) is 0.488. The molecule has 0 N–H and O–H groups in total. The summed E-state index contributed by atoms with van der Waals surface area (Å²) >= 11 is 0. The maximum absolute atomic E-state index is 14.1. The lowest BCUT2D eigenvalue weighted by Gasteiger charge is -2.25. The van der Waals surface area contributed by atoms with Gasteiger partial charge in [0.05, 0.1) is 31.5 Å². The van der Waals surface area contributed by atoms with Gasteiger partial charge in [0, 0.05) is 25.1 Å². The van der Waals surface area contributed by atoms with Crippen molar-refractivity contribution in [1.82, 2.24) is 9.91 Å². The monoisotopic (exact) mass is 493 g/mol. The molecule has 0 fully saturated rings. The number of amides is 2. The fraction of sp³-hybridized carbons (Fsp3) is 0.222. The van der Waals surface area contributed by atoms with Crippen molar-refractivity contribution < 1.29 is 27.8 Å². The SMILES string of the molecule is COc1ccc(C2=NN(C(=O)CN(C)C(=O)c3ccccc3F)[C@@H](c3ccc(F)cc3)C2)c(OC)c1. The van der Waals surface area contributed by atoms with Crippen LogP contribution in [-0.2, 0) is 4.79 Å². The van der Waals surface area contributed by atoms with Crippen molar-refractivity contribution in [3.05, 3.63) is 95.1 Å². The van der Waals surface area contributed by atoms with Gasteiger partial charge in [0.15, 0.2) is 0 Å². The van der Waals surface area contributed by atoms with Crippen LogP contribution in [0.3, 0.4) is 0 Å². The molecular formula is C27H25F2N3O4. The molecule has 36 heavy (non-hydrogen) atoms. The Morgan fingerprint density at radius 3 is 2.42 bits per heavy atom. The molecule has 0 aliphatic carbocycles. The first-order chi connectivity index (χ1) is 17.3. The van der Waals surface area contributed by atoms with E-state index in [9.17, 15) is 18.4 Å². The highest BCUT2D eigenvalue weighted by Crippen LogP contribution is 2.36. The van der Waals surface area contributed by atoms with Crippen molar-refractivity contribution in [2.24, 2.45) is 5.10 Å². The molecular weight excluding hydrogens is 468 g/mol. The number of nitrogens with zero attached hydrogens (tertiary/aromatic N) is 3. The summed E-state index contributed by atoms with van der Waals surface area (Å²) in [5, 5.41) is 5.87. The highest BCUT2D eigenvalue weighted by Gasteiger charge is 2.35. The molecule has 0 unspecified atom stereocenters. The molecule has 7 nitrogen and oxygen atoms in total. The van der Waals surface area contributed by atoms with Crippen molar-refractivity contribution >= 4 is 17.5 Å². The smallest absolute Gasteiger partial charge is 0.262 e. The summed E-state index contributed by atoms with van der Waals surface area (Å²) in [5.41, 5.74) is 1.81. The highest BCUT2D eigenvalue weighted by atomic mass is 19.1. The molecule has 0 radical (unpaired) electrons.